The first-order chi connectivity index (χ1) is 22.2. The van der Waals surface area contributed by atoms with Gasteiger partial charge in [-0.1, -0.05) is 19.4 Å². The van der Waals surface area contributed by atoms with Crippen molar-refractivity contribution in [1.82, 2.24) is 19.5 Å². The second-order valence-electron chi connectivity index (χ2n) is 12.0. The Morgan fingerprint density at radius 3 is 2.78 bits per heavy atom. The lowest BCUT2D eigenvalue weighted by Gasteiger charge is -2.29. The van der Waals surface area contributed by atoms with Gasteiger partial charge in [0.25, 0.3) is 0 Å². The van der Waals surface area contributed by atoms with E-state index in [9.17, 15) is 18.0 Å². The third-order valence-electron chi connectivity index (χ3n) is 8.71. The maximum Gasteiger partial charge on any atom is 0.394 e. The summed E-state index contributed by atoms with van der Waals surface area (Å²) in [6, 6.07) is 5.14. The van der Waals surface area contributed by atoms with Crippen LogP contribution in [0.3, 0.4) is 0 Å². The number of carbonyl (C=O) groups is 1. The van der Waals surface area contributed by atoms with Crippen LogP contribution in [-0.4, -0.2) is 65.8 Å². The number of nitrogens with zero attached hydrogens (tertiary/aromatic N) is 5. The average Bonchev–Trinajstić information content (AvgIpc) is 3.75. The summed E-state index contributed by atoms with van der Waals surface area (Å²) in [7, 11) is 0. The lowest BCUT2D eigenvalue weighted by atomic mass is 9.96. The standard InChI is InChI=1S/C33H43F3N6O3S/c1-3-8-24-9-5-6-19-44-29-11-7-10-25(21-37-29)46-38-22-27(43)26-12-13-28(39-31(26)41(4-2)23-24)42-18-14-30(40-42)45-20-17-32(15-16-32)33(34,35)36/h10-14,18,21,24,38H,3-9,15-17,19-20,22-23H2,1-2H3. The van der Waals surface area contributed by atoms with Crippen molar-refractivity contribution >= 4 is 29.8 Å². The number of allylic oxidation sites excluding steroid dienone is 3. The highest BCUT2D eigenvalue weighted by Gasteiger charge is 2.62. The van der Waals surface area contributed by atoms with Crippen LogP contribution in [0.25, 0.3) is 5.82 Å². The molecule has 1 unspecified atom stereocenters. The molecule has 2 bridgehead atoms. The van der Waals surface area contributed by atoms with E-state index in [0.717, 1.165) is 43.6 Å². The molecule has 250 valence electrons. The molecule has 0 saturated heterocycles. The molecule has 9 nitrogen and oxygen atoms in total. The fourth-order valence-corrected chi connectivity index (χ4v) is 6.45. The van der Waals surface area contributed by atoms with Gasteiger partial charge >= 0.3 is 6.18 Å². The normalized spacial score (nSPS) is 20.9. The Hall–Kier alpha value is -3.32. The second kappa shape index (κ2) is 15.5. The van der Waals surface area contributed by atoms with E-state index in [1.54, 1.807) is 30.6 Å². The Bertz CT molecular complexity index is 1440. The predicted molar refractivity (Wildman–Crippen MR) is 174 cm³/mol. The van der Waals surface area contributed by atoms with Gasteiger partial charge in [0, 0.05) is 36.5 Å². The fourth-order valence-electron chi connectivity index (χ4n) is 5.79. The third kappa shape index (κ3) is 8.72. The summed E-state index contributed by atoms with van der Waals surface area (Å²) in [6.45, 7) is 6.30. The molecule has 4 heterocycles. The van der Waals surface area contributed by atoms with Crippen LogP contribution in [0.15, 0.2) is 52.3 Å². The van der Waals surface area contributed by atoms with Crippen LogP contribution in [0.2, 0.25) is 0 Å². The van der Waals surface area contributed by atoms with Gasteiger partial charge in [0.1, 0.15) is 5.82 Å². The number of aromatic nitrogens is 3. The number of nitrogens with one attached hydrogen (secondary N) is 1. The molecular formula is C33H43F3N6O3S. The van der Waals surface area contributed by atoms with Gasteiger partial charge in [-0.3, -0.25) is 9.52 Å². The smallest absolute Gasteiger partial charge is 0.394 e. The van der Waals surface area contributed by atoms with Gasteiger partial charge in [0.2, 0.25) is 11.8 Å². The van der Waals surface area contributed by atoms with Gasteiger partial charge in [0.15, 0.2) is 11.6 Å². The van der Waals surface area contributed by atoms with Crippen LogP contribution in [-0.2, 0) is 4.74 Å². The Morgan fingerprint density at radius 1 is 1.17 bits per heavy atom. The van der Waals surface area contributed by atoms with E-state index in [1.165, 1.54) is 16.6 Å². The largest absolute Gasteiger partial charge is 0.478 e. The summed E-state index contributed by atoms with van der Waals surface area (Å²) < 4.78 is 56.2. The van der Waals surface area contributed by atoms with Crippen molar-refractivity contribution in [2.45, 2.75) is 77.8 Å². The molecule has 2 aromatic heterocycles. The molecular weight excluding hydrogens is 617 g/mol. The van der Waals surface area contributed by atoms with Crippen LogP contribution in [0, 0.1) is 11.3 Å². The minimum Gasteiger partial charge on any atom is -0.478 e. The van der Waals surface area contributed by atoms with Crippen molar-refractivity contribution in [3.8, 4) is 11.7 Å². The number of carbonyl (C=O) groups excluding carboxylic acids is 1. The fraction of sp³-hybridized carbons (Fsp3) is 0.576. The van der Waals surface area contributed by atoms with E-state index in [0.29, 0.717) is 48.6 Å². The Kier molecular flexibility index (Phi) is 11.5. The molecule has 1 saturated carbocycles. The quantitative estimate of drug-likeness (QED) is 0.292. The first-order valence-electron chi connectivity index (χ1n) is 16.2. The number of ether oxygens (including phenoxy) is 2. The molecule has 0 amide bonds. The van der Waals surface area contributed by atoms with Gasteiger partial charge in [-0.25, -0.2) is 14.7 Å². The number of halogens is 3. The number of hydrogen-bond acceptors (Lipinski definition) is 9. The van der Waals surface area contributed by atoms with Crippen molar-refractivity contribution in [3.05, 3.63) is 52.9 Å². The number of rotatable bonds is 8. The lowest BCUT2D eigenvalue weighted by molar-refractivity contribution is -0.190. The van der Waals surface area contributed by atoms with Crippen molar-refractivity contribution in [3.63, 3.8) is 0 Å². The zero-order chi connectivity index (χ0) is 32.6. The first-order valence-corrected chi connectivity index (χ1v) is 17.0. The van der Waals surface area contributed by atoms with Crippen LogP contribution in [0.1, 0.15) is 82.0 Å². The van der Waals surface area contributed by atoms with Gasteiger partial charge in [-0.15, -0.1) is 5.10 Å². The topological polar surface area (TPSA) is 93.9 Å². The van der Waals surface area contributed by atoms with Crippen LogP contribution in [0.4, 0.5) is 19.0 Å². The van der Waals surface area contributed by atoms with Crippen molar-refractivity contribution in [2.24, 2.45) is 16.3 Å². The number of pyridine rings is 1. The van der Waals surface area contributed by atoms with Gasteiger partial charge in [-0.2, -0.15) is 13.2 Å². The summed E-state index contributed by atoms with van der Waals surface area (Å²) in [5.41, 5.74) is -1.10. The van der Waals surface area contributed by atoms with E-state index in [2.05, 4.69) is 33.6 Å². The summed E-state index contributed by atoms with van der Waals surface area (Å²) in [4.78, 5) is 26.1. The zero-order valence-electron chi connectivity index (χ0n) is 26.5. The Labute approximate surface area is 272 Å². The predicted octanol–water partition coefficient (Wildman–Crippen LogP) is 7.44. The highest BCUT2D eigenvalue weighted by atomic mass is 32.2. The van der Waals surface area contributed by atoms with Crippen molar-refractivity contribution in [2.75, 3.05) is 37.7 Å². The number of anilines is 1. The highest BCUT2D eigenvalue weighted by molar-refractivity contribution is 8.02. The van der Waals surface area contributed by atoms with Crippen molar-refractivity contribution < 1.29 is 27.4 Å². The molecule has 2 aromatic rings. The van der Waals surface area contributed by atoms with Crippen LogP contribution >= 0.6 is 11.9 Å². The minimum absolute atomic E-state index is 0.0668. The molecule has 1 aliphatic carbocycles. The molecule has 2 aliphatic heterocycles. The van der Waals surface area contributed by atoms with E-state index >= 15 is 0 Å². The van der Waals surface area contributed by atoms with Gasteiger partial charge in [0.05, 0.1) is 30.7 Å². The first kappa shape index (κ1) is 34.0. The van der Waals surface area contributed by atoms with Crippen LogP contribution < -0.4 is 14.4 Å². The molecule has 0 aromatic carbocycles. The molecule has 3 aliphatic rings. The molecule has 1 N–H and O–H groups in total. The Morgan fingerprint density at radius 2 is 2.02 bits per heavy atom. The molecule has 13 heteroatoms. The maximum absolute atomic E-state index is 13.6. The van der Waals surface area contributed by atoms with Crippen molar-refractivity contribution in [1.29, 1.82) is 0 Å². The van der Waals surface area contributed by atoms with Gasteiger partial charge < -0.3 is 14.4 Å². The zero-order valence-corrected chi connectivity index (χ0v) is 27.3. The molecule has 1 fully saturated rings. The molecule has 5 rings (SSSR count). The molecule has 0 radical (unpaired) electrons. The highest BCUT2D eigenvalue weighted by Crippen LogP contribution is 2.59. The molecule has 0 spiro atoms. The Balaban J connectivity index is 1.36. The number of ketones is 1. The molecule has 46 heavy (non-hydrogen) atoms. The number of Topliss-reactive ketones (excluding diaryl/α,β-unsaturated/α-hetero) is 1. The monoisotopic (exact) mass is 660 g/mol. The van der Waals surface area contributed by atoms with E-state index in [-0.39, 0.29) is 44.1 Å². The number of aliphatic imine (C=N–C) groups is 1. The van der Waals surface area contributed by atoms with E-state index in [4.69, 9.17) is 14.5 Å². The average molecular weight is 661 g/mol. The number of fused-ring (bicyclic) bond motifs is 3. The van der Waals surface area contributed by atoms with E-state index < -0.39 is 11.6 Å². The van der Waals surface area contributed by atoms with E-state index in [1.807, 2.05) is 12.2 Å². The van der Waals surface area contributed by atoms with Gasteiger partial charge in [-0.05, 0) is 94.4 Å². The summed E-state index contributed by atoms with van der Waals surface area (Å²) in [6.07, 6.45) is 9.18. The third-order valence-corrected chi connectivity index (χ3v) is 9.51. The minimum atomic E-state index is -4.21. The summed E-state index contributed by atoms with van der Waals surface area (Å²) >= 11 is 1.35. The second-order valence-corrected chi connectivity index (χ2v) is 13.0. The SMILES string of the molecule is CCCC1CCCCOC2=CCC=C(C=N2)SNCC(=O)c2ccc(-n3ccc(OCCC4(C(F)(F)F)CC4)n3)nc2N(CC)C1. The number of alkyl halides is 3. The summed E-state index contributed by atoms with van der Waals surface area (Å²) in [5, 5.41) is 4.43. The maximum atomic E-state index is 13.6. The lowest BCUT2D eigenvalue weighted by Crippen LogP contribution is -2.33. The number of hydrogen-bond donors (Lipinski definition) is 1. The summed E-state index contributed by atoms with van der Waals surface area (Å²) in [5.74, 6) is 2.25. The molecule has 1 atom stereocenters. The van der Waals surface area contributed by atoms with Crippen LogP contribution in [0.5, 0.6) is 5.88 Å².